The van der Waals surface area contributed by atoms with E-state index in [0.717, 1.165) is 5.56 Å². The van der Waals surface area contributed by atoms with Crippen LogP contribution in [0.3, 0.4) is 0 Å². The van der Waals surface area contributed by atoms with Gasteiger partial charge in [0.1, 0.15) is 0 Å². The topological polar surface area (TPSA) is 68.0 Å². The third-order valence-corrected chi connectivity index (χ3v) is 2.24. The molecule has 0 aliphatic rings. The number of carboxylic acids is 1. The Balaban J connectivity index is 2.23. The molecule has 2 aromatic rings. The molecule has 1 N–H and O–H groups in total. The molecule has 0 saturated heterocycles. The molecule has 1 aromatic carbocycles. The summed E-state index contributed by atoms with van der Waals surface area (Å²) in [6.45, 7) is 0.397. The first-order chi connectivity index (χ1) is 7.66. The number of benzene rings is 1. The van der Waals surface area contributed by atoms with Gasteiger partial charge in [-0.1, -0.05) is 41.9 Å². The molecule has 0 aliphatic carbocycles. The van der Waals surface area contributed by atoms with E-state index in [9.17, 15) is 4.79 Å². The Bertz CT molecular complexity index is 510. The van der Waals surface area contributed by atoms with Crippen molar-refractivity contribution < 1.29 is 9.90 Å². The SMILES string of the molecule is O=C(O)c1nn(Cc2ccccc2)nc1Cl. The lowest BCUT2D eigenvalue weighted by atomic mass is 10.2. The number of hydrogen-bond acceptors (Lipinski definition) is 3. The van der Waals surface area contributed by atoms with Gasteiger partial charge in [-0.15, -0.1) is 10.2 Å². The van der Waals surface area contributed by atoms with Crippen LogP contribution in [-0.2, 0) is 6.54 Å². The molecule has 6 heteroatoms. The van der Waals surface area contributed by atoms with E-state index < -0.39 is 5.97 Å². The average molecular weight is 238 g/mol. The Morgan fingerprint density at radius 3 is 2.56 bits per heavy atom. The van der Waals surface area contributed by atoms with Gasteiger partial charge in [-0.25, -0.2) is 4.79 Å². The number of carbonyl (C=O) groups is 1. The van der Waals surface area contributed by atoms with Crippen molar-refractivity contribution in [3.8, 4) is 0 Å². The van der Waals surface area contributed by atoms with Crippen LogP contribution in [-0.4, -0.2) is 26.1 Å². The van der Waals surface area contributed by atoms with E-state index >= 15 is 0 Å². The summed E-state index contributed by atoms with van der Waals surface area (Å²) in [4.78, 5) is 12.0. The quantitative estimate of drug-likeness (QED) is 0.882. The van der Waals surface area contributed by atoms with Crippen LogP contribution < -0.4 is 0 Å². The van der Waals surface area contributed by atoms with Gasteiger partial charge >= 0.3 is 5.97 Å². The molecule has 5 nitrogen and oxygen atoms in total. The first kappa shape index (κ1) is 10.6. The molecule has 0 fully saturated rings. The van der Waals surface area contributed by atoms with Crippen molar-refractivity contribution in [3.63, 3.8) is 0 Å². The normalized spacial score (nSPS) is 10.3. The maximum absolute atomic E-state index is 10.7. The fraction of sp³-hybridized carbons (Fsp3) is 0.100. The van der Waals surface area contributed by atoms with Crippen LogP contribution >= 0.6 is 11.6 Å². The molecule has 0 saturated carbocycles. The Labute approximate surface area is 96.3 Å². The monoisotopic (exact) mass is 237 g/mol. The number of nitrogens with zero attached hydrogens (tertiary/aromatic N) is 3. The fourth-order valence-electron chi connectivity index (χ4n) is 1.28. The molecule has 0 aliphatic heterocycles. The summed E-state index contributed by atoms with van der Waals surface area (Å²) in [5.74, 6) is -1.18. The summed E-state index contributed by atoms with van der Waals surface area (Å²) in [6, 6.07) is 9.47. The van der Waals surface area contributed by atoms with Crippen molar-refractivity contribution in [1.82, 2.24) is 15.0 Å². The highest BCUT2D eigenvalue weighted by Gasteiger charge is 2.15. The lowest BCUT2D eigenvalue weighted by molar-refractivity contribution is 0.0689. The van der Waals surface area contributed by atoms with Crippen molar-refractivity contribution in [3.05, 3.63) is 46.7 Å². The van der Waals surface area contributed by atoms with E-state index in [1.165, 1.54) is 4.80 Å². The van der Waals surface area contributed by atoms with Gasteiger partial charge in [0.2, 0.25) is 5.69 Å². The zero-order valence-electron chi connectivity index (χ0n) is 8.17. The number of halogens is 1. The van der Waals surface area contributed by atoms with E-state index in [4.69, 9.17) is 16.7 Å². The largest absolute Gasteiger partial charge is 0.476 e. The van der Waals surface area contributed by atoms with Gasteiger partial charge < -0.3 is 5.11 Å². The second-order valence-electron chi connectivity index (χ2n) is 3.16. The number of carboxylic acid groups (broad SMARTS) is 1. The Morgan fingerprint density at radius 2 is 2.00 bits per heavy atom. The summed E-state index contributed by atoms with van der Waals surface area (Å²) < 4.78 is 0. The van der Waals surface area contributed by atoms with Crippen LogP contribution in [0.2, 0.25) is 5.15 Å². The minimum atomic E-state index is -1.18. The van der Waals surface area contributed by atoms with Gasteiger partial charge in [0.05, 0.1) is 6.54 Å². The van der Waals surface area contributed by atoms with Gasteiger partial charge in [-0.05, 0) is 5.56 Å². The molecule has 16 heavy (non-hydrogen) atoms. The van der Waals surface area contributed by atoms with Crippen LogP contribution in [0.1, 0.15) is 16.1 Å². The second kappa shape index (κ2) is 4.32. The van der Waals surface area contributed by atoms with Crippen molar-refractivity contribution in [2.45, 2.75) is 6.54 Å². The van der Waals surface area contributed by atoms with Gasteiger partial charge in [-0.2, -0.15) is 4.80 Å². The third-order valence-electron chi connectivity index (χ3n) is 1.98. The number of aromatic nitrogens is 3. The van der Waals surface area contributed by atoms with Crippen LogP contribution in [0.25, 0.3) is 0 Å². The zero-order chi connectivity index (χ0) is 11.5. The Morgan fingerprint density at radius 1 is 1.31 bits per heavy atom. The first-order valence-corrected chi connectivity index (χ1v) is 4.92. The number of rotatable bonds is 3. The molecule has 2 rings (SSSR count). The zero-order valence-corrected chi connectivity index (χ0v) is 8.92. The summed E-state index contributed by atoms with van der Waals surface area (Å²) >= 11 is 5.63. The molecule has 0 atom stereocenters. The van der Waals surface area contributed by atoms with Gasteiger partial charge in [0.25, 0.3) is 0 Å². The second-order valence-corrected chi connectivity index (χ2v) is 3.52. The highest BCUT2D eigenvalue weighted by Crippen LogP contribution is 2.10. The van der Waals surface area contributed by atoms with Gasteiger partial charge in [-0.3, -0.25) is 0 Å². The fourth-order valence-corrected chi connectivity index (χ4v) is 1.48. The molecular weight excluding hydrogens is 230 g/mol. The van der Waals surface area contributed by atoms with Gasteiger partial charge in [0, 0.05) is 0 Å². The van der Waals surface area contributed by atoms with E-state index in [2.05, 4.69) is 10.2 Å². The molecule has 0 radical (unpaired) electrons. The maximum atomic E-state index is 10.7. The minimum absolute atomic E-state index is 0.0940. The van der Waals surface area contributed by atoms with E-state index in [1.807, 2.05) is 30.3 Å². The molecule has 0 bridgehead atoms. The van der Waals surface area contributed by atoms with Crippen molar-refractivity contribution in [2.75, 3.05) is 0 Å². The smallest absolute Gasteiger partial charge is 0.359 e. The molecule has 1 heterocycles. The molecule has 0 spiro atoms. The van der Waals surface area contributed by atoms with Crippen LogP contribution in [0, 0.1) is 0 Å². The van der Waals surface area contributed by atoms with Crippen LogP contribution in [0.5, 0.6) is 0 Å². The van der Waals surface area contributed by atoms with Crippen molar-refractivity contribution in [1.29, 1.82) is 0 Å². The summed E-state index contributed by atoms with van der Waals surface area (Å²) in [5, 5.41) is 16.2. The Hall–Kier alpha value is -1.88. The highest BCUT2D eigenvalue weighted by atomic mass is 35.5. The van der Waals surface area contributed by atoms with E-state index in [0.29, 0.717) is 6.54 Å². The highest BCUT2D eigenvalue weighted by molar-refractivity contribution is 6.31. The number of hydrogen-bond donors (Lipinski definition) is 1. The lowest BCUT2D eigenvalue weighted by Gasteiger charge is -1.98. The molecule has 82 valence electrons. The van der Waals surface area contributed by atoms with E-state index in [-0.39, 0.29) is 10.8 Å². The molecule has 1 aromatic heterocycles. The van der Waals surface area contributed by atoms with Crippen molar-refractivity contribution in [2.24, 2.45) is 0 Å². The summed E-state index contributed by atoms with van der Waals surface area (Å²) in [6.07, 6.45) is 0. The lowest BCUT2D eigenvalue weighted by Crippen LogP contribution is -2.05. The molecular formula is C10H8ClN3O2. The van der Waals surface area contributed by atoms with Crippen LogP contribution in [0.15, 0.2) is 30.3 Å². The minimum Gasteiger partial charge on any atom is -0.476 e. The van der Waals surface area contributed by atoms with Gasteiger partial charge in [0.15, 0.2) is 5.15 Å². The summed E-state index contributed by atoms with van der Waals surface area (Å²) in [5.41, 5.74) is 0.753. The standard InChI is InChI=1S/C10H8ClN3O2/c11-9-8(10(15)16)12-14(13-9)6-7-4-2-1-3-5-7/h1-5H,6H2,(H,15,16). The summed E-state index contributed by atoms with van der Waals surface area (Å²) in [7, 11) is 0. The Kier molecular flexibility index (Phi) is 2.87. The maximum Gasteiger partial charge on any atom is 0.359 e. The molecule has 0 unspecified atom stereocenters. The predicted molar refractivity (Wildman–Crippen MR) is 57.5 cm³/mol. The average Bonchev–Trinajstić information content (AvgIpc) is 2.61. The van der Waals surface area contributed by atoms with E-state index in [1.54, 1.807) is 0 Å². The van der Waals surface area contributed by atoms with Crippen molar-refractivity contribution >= 4 is 17.6 Å². The molecule has 0 amide bonds. The first-order valence-electron chi connectivity index (χ1n) is 4.54. The predicted octanol–water partition coefficient (Wildman–Crippen LogP) is 1.68. The third kappa shape index (κ3) is 2.20. The van der Waals surface area contributed by atoms with Crippen LogP contribution in [0.4, 0.5) is 0 Å². The number of aromatic carboxylic acids is 1.